The molecule has 92 valence electrons. The third kappa shape index (κ3) is 2.07. The molecular formula is C12H18N4O. The van der Waals surface area contributed by atoms with Gasteiger partial charge in [-0.15, -0.1) is 0 Å². The van der Waals surface area contributed by atoms with Crippen LogP contribution in [-0.4, -0.2) is 35.2 Å². The average Bonchev–Trinajstić information content (AvgIpc) is 2.91. The minimum atomic E-state index is -0.0156. The van der Waals surface area contributed by atoms with E-state index in [2.05, 4.69) is 20.8 Å². The number of nitrogens with one attached hydrogen (secondary N) is 3. The van der Waals surface area contributed by atoms with Gasteiger partial charge in [-0.3, -0.25) is 9.89 Å². The smallest absolute Gasteiger partial charge is 0.272 e. The van der Waals surface area contributed by atoms with Crippen molar-refractivity contribution in [3.8, 4) is 0 Å². The van der Waals surface area contributed by atoms with Gasteiger partial charge in [0.2, 0.25) is 0 Å². The van der Waals surface area contributed by atoms with Gasteiger partial charge in [-0.25, -0.2) is 0 Å². The van der Waals surface area contributed by atoms with Gasteiger partial charge in [0.25, 0.3) is 5.91 Å². The predicted molar refractivity (Wildman–Crippen MR) is 64.0 cm³/mol. The van der Waals surface area contributed by atoms with E-state index < -0.39 is 0 Å². The van der Waals surface area contributed by atoms with Crippen molar-refractivity contribution in [1.82, 2.24) is 20.8 Å². The molecule has 1 fully saturated rings. The minimum absolute atomic E-state index is 0.0156. The number of hydrogen-bond donors (Lipinski definition) is 3. The second kappa shape index (κ2) is 4.49. The number of aromatic amines is 1. The van der Waals surface area contributed by atoms with E-state index in [9.17, 15) is 4.79 Å². The molecule has 0 bridgehead atoms. The Bertz CT molecular complexity index is 420. The van der Waals surface area contributed by atoms with Crippen molar-refractivity contribution in [3.05, 3.63) is 17.0 Å². The molecule has 5 heteroatoms. The summed E-state index contributed by atoms with van der Waals surface area (Å²) in [6.07, 6.45) is 5.34. The Morgan fingerprint density at radius 1 is 1.35 bits per heavy atom. The molecule has 2 heterocycles. The molecule has 1 unspecified atom stereocenters. The van der Waals surface area contributed by atoms with Crippen LogP contribution >= 0.6 is 0 Å². The average molecular weight is 234 g/mol. The van der Waals surface area contributed by atoms with E-state index in [0.29, 0.717) is 5.69 Å². The van der Waals surface area contributed by atoms with E-state index in [1.54, 1.807) is 0 Å². The first-order chi connectivity index (χ1) is 8.34. The Labute approximate surface area is 100 Å². The van der Waals surface area contributed by atoms with Crippen LogP contribution in [0.5, 0.6) is 0 Å². The Morgan fingerprint density at radius 2 is 2.29 bits per heavy atom. The zero-order valence-electron chi connectivity index (χ0n) is 9.88. The van der Waals surface area contributed by atoms with Crippen molar-refractivity contribution in [2.24, 2.45) is 0 Å². The molecule has 1 aromatic heterocycles. The third-order valence-electron chi connectivity index (χ3n) is 3.65. The molecule has 2 aliphatic rings. The van der Waals surface area contributed by atoms with Crippen molar-refractivity contribution < 1.29 is 4.79 Å². The number of aromatic nitrogens is 2. The number of rotatable bonds is 2. The van der Waals surface area contributed by atoms with E-state index in [1.807, 2.05) is 0 Å². The highest BCUT2D eigenvalue weighted by atomic mass is 16.2. The van der Waals surface area contributed by atoms with E-state index in [1.165, 1.54) is 0 Å². The standard InChI is InChI=1S/C12H18N4O/c17-12(14-8-3-2-6-13-7-8)11-9-4-1-5-10(9)15-16-11/h8,13H,1-7H2,(H,14,17)(H,15,16). The summed E-state index contributed by atoms with van der Waals surface area (Å²) >= 11 is 0. The molecule has 17 heavy (non-hydrogen) atoms. The van der Waals surface area contributed by atoms with Crippen LogP contribution in [-0.2, 0) is 12.8 Å². The molecule has 3 N–H and O–H groups in total. The van der Waals surface area contributed by atoms with Gasteiger partial charge >= 0.3 is 0 Å². The number of nitrogens with zero attached hydrogens (tertiary/aromatic N) is 1. The highest BCUT2D eigenvalue weighted by Gasteiger charge is 2.24. The molecule has 0 radical (unpaired) electrons. The minimum Gasteiger partial charge on any atom is -0.347 e. The van der Waals surface area contributed by atoms with Crippen LogP contribution in [0.1, 0.15) is 41.0 Å². The summed E-state index contributed by atoms with van der Waals surface area (Å²) in [4.78, 5) is 12.1. The van der Waals surface area contributed by atoms with Crippen LogP contribution in [0.3, 0.4) is 0 Å². The first-order valence-corrected chi connectivity index (χ1v) is 6.42. The van der Waals surface area contributed by atoms with Gasteiger partial charge in [0.15, 0.2) is 5.69 Å². The molecule has 1 aromatic rings. The summed E-state index contributed by atoms with van der Waals surface area (Å²) in [6, 6.07) is 0.255. The van der Waals surface area contributed by atoms with Crippen LogP contribution in [0, 0.1) is 0 Å². The van der Waals surface area contributed by atoms with Gasteiger partial charge in [0, 0.05) is 23.8 Å². The molecule has 3 rings (SSSR count). The fourth-order valence-corrected chi connectivity index (χ4v) is 2.74. The zero-order chi connectivity index (χ0) is 11.7. The van der Waals surface area contributed by atoms with Gasteiger partial charge in [-0.2, -0.15) is 5.10 Å². The lowest BCUT2D eigenvalue weighted by Crippen LogP contribution is -2.45. The van der Waals surface area contributed by atoms with Crippen molar-refractivity contribution in [2.45, 2.75) is 38.1 Å². The maximum absolute atomic E-state index is 12.1. The lowest BCUT2D eigenvalue weighted by Gasteiger charge is -2.23. The van der Waals surface area contributed by atoms with Gasteiger partial charge in [-0.05, 0) is 38.6 Å². The van der Waals surface area contributed by atoms with Crippen molar-refractivity contribution in [1.29, 1.82) is 0 Å². The number of aryl methyl sites for hydroxylation is 1. The van der Waals surface area contributed by atoms with Gasteiger partial charge < -0.3 is 10.6 Å². The topological polar surface area (TPSA) is 69.8 Å². The van der Waals surface area contributed by atoms with Crippen molar-refractivity contribution in [3.63, 3.8) is 0 Å². The van der Waals surface area contributed by atoms with Crippen LogP contribution in [0.4, 0.5) is 0 Å². The second-order valence-corrected chi connectivity index (χ2v) is 4.90. The molecule has 5 nitrogen and oxygen atoms in total. The monoisotopic (exact) mass is 234 g/mol. The summed E-state index contributed by atoms with van der Waals surface area (Å²) < 4.78 is 0. The molecular weight excluding hydrogens is 216 g/mol. The van der Waals surface area contributed by atoms with Gasteiger partial charge in [-0.1, -0.05) is 0 Å². The van der Waals surface area contributed by atoms with Crippen molar-refractivity contribution in [2.75, 3.05) is 13.1 Å². The number of hydrogen-bond acceptors (Lipinski definition) is 3. The quantitative estimate of drug-likeness (QED) is 0.693. The summed E-state index contributed by atoms with van der Waals surface area (Å²) in [7, 11) is 0. The molecule has 1 aliphatic carbocycles. The summed E-state index contributed by atoms with van der Waals surface area (Å²) in [5.74, 6) is -0.0156. The second-order valence-electron chi connectivity index (χ2n) is 4.90. The van der Waals surface area contributed by atoms with E-state index in [-0.39, 0.29) is 11.9 Å². The van der Waals surface area contributed by atoms with Crippen LogP contribution in [0.2, 0.25) is 0 Å². The first kappa shape index (κ1) is 10.8. The molecule has 1 amide bonds. The number of fused-ring (bicyclic) bond motifs is 1. The normalized spacial score (nSPS) is 23.4. The molecule has 1 aliphatic heterocycles. The maximum Gasteiger partial charge on any atom is 0.272 e. The number of H-pyrrole nitrogens is 1. The SMILES string of the molecule is O=C(NC1CCCNC1)c1n[nH]c2c1CCC2. The van der Waals surface area contributed by atoms with Crippen LogP contribution in [0.15, 0.2) is 0 Å². The largest absolute Gasteiger partial charge is 0.347 e. The predicted octanol–water partition coefficient (Wildman–Crippen LogP) is 0.380. The highest BCUT2D eigenvalue weighted by Crippen LogP contribution is 2.22. The molecule has 0 saturated carbocycles. The molecule has 1 saturated heterocycles. The summed E-state index contributed by atoms with van der Waals surface area (Å²) in [5.41, 5.74) is 2.89. The van der Waals surface area contributed by atoms with Crippen molar-refractivity contribution >= 4 is 5.91 Å². The van der Waals surface area contributed by atoms with E-state index in [4.69, 9.17) is 0 Å². The first-order valence-electron chi connectivity index (χ1n) is 6.42. The number of amides is 1. The molecule has 0 spiro atoms. The zero-order valence-corrected chi connectivity index (χ0v) is 9.88. The number of carbonyl (C=O) groups is 1. The molecule has 1 atom stereocenters. The Kier molecular flexibility index (Phi) is 2.84. The lowest BCUT2D eigenvalue weighted by molar-refractivity contribution is 0.0924. The number of carbonyl (C=O) groups excluding carboxylic acids is 1. The highest BCUT2D eigenvalue weighted by molar-refractivity contribution is 5.94. The van der Waals surface area contributed by atoms with E-state index in [0.717, 1.165) is 56.5 Å². The van der Waals surface area contributed by atoms with Crippen LogP contribution in [0.25, 0.3) is 0 Å². The Morgan fingerprint density at radius 3 is 3.12 bits per heavy atom. The molecule has 0 aromatic carbocycles. The summed E-state index contributed by atoms with van der Waals surface area (Å²) in [6.45, 7) is 1.93. The van der Waals surface area contributed by atoms with Crippen LogP contribution < -0.4 is 10.6 Å². The Balaban J connectivity index is 1.69. The fraction of sp³-hybridized carbons (Fsp3) is 0.667. The Hall–Kier alpha value is -1.36. The van der Waals surface area contributed by atoms with Gasteiger partial charge in [0.05, 0.1) is 0 Å². The number of piperidine rings is 1. The fourth-order valence-electron chi connectivity index (χ4n) is 2.74. The van der Waals surface area contributed by atoms with Gasteiger partial charge in [0.1, 0.15) is 0 Å². The van der Waals surface area contributed by atoms with E-state index >= 15 is 0 Å². The third-order valence-corrected chi connectivity index (χ3v) is 3.65. The maximum atomic E-state index is 12.1. The summed E-state index contributed by atoms with van der Waals surface area (Å²) in [5, 5.41) is 13.5. The lowest BCUT2D eigenvalue weighted by atomic mass is 10.1.